The molecule has 4 bridgehead atoms. The first-order valence-electron chi connectivity index (χ1n) is 11.1. The summed E-state index contributed by atoms with van der Waals surface area (Å²) in [6.45, 7) is 0.313. The third kappa shape index (κ3) is 3.23. The van der Waals surface area contributed by atoms with E-state index in [4.69, 9.17) is 11.6 Å². The van der Waals surface area contributed by atoms with Crippen LogP contribution in [0.15, 0.2) is 42.9 Å². The van der Waals surface area contributed by atoms with Crippen molar-refractivity contribution >= 4 is 23.3 Å². The van der Waals surface area contributed by atoms with E-state index in [0.29, 0.717) is 29.8 Å². The zero-order valence-corrected chi connectivity index (χ0v) is 18.3. The van der Waals surface area contributed by atoms with Crippen LogP contribution in [0.25, 0.3) is 0 Å². The number of benzene rings is 1. The zero-order valence-electron chi connectivity index (χ0n) is 17.5. The van der Waals surface area contributed by atoms with E-state index in [9.17, 15) is 9.18 Å². The van der Waals surface area contributed by atoms with Crippen LogP contribution in [0.2, 0.25) is 5.28 Å². The summed E-state index contributed by atoms with van der Waals surface area (Å²) in [5.41, 5.74) is -0.0631. The van der Waals surface area contributed by atoms with E-state index in [1.165, 1.54) is 12.5 Å². The number of carbonyl (C=O) groups is 1. The smallest absolute Gasteiger partial charge is 0.242 e. The Balaban J connectivity index is 1.22. The van der Waals surface area contributed by atoms with Gasteiger partial charge in [0.1, 0.15) is 12.1 Å². The molecule has 4 fully saturated rings. The van der Waals surface area contributed by atoms with Crippen molar-refractivity contribution in [1.82, 2.24) is 24.5 Å². The van der Waals surface area contributed by atoms with Gasteiger partial charge in [-0.1, -0.05) is 18.2 Å². The highest BCUT2D eigenvalue weighted by Crippen LogP contribution is 2.64. The van der Waals surface area contributed by atoms with Crippen molar-refractivity contribution in [2.75, 3.05) is 5.32 Å². The van der Waals surface area contributed by atoms with Gasteiger partial charge in [0.05, 0.1) is 17.5 Å². The number of carbonyl (C=O) groups excluding carboxylic acids is 1. The van der Waals surface area contributed by atoms with Crippen LogP contribution in [0.1, 0.15) is 44.1 Å². The van der Waals surface area contributed by atoms with Crippen molar-refractivity contribution in [2.24, 2.45) is 17.3 Å². The van der Waals surface area contributed by atoms with Crippen LogP contribution in [0.3, 0.4) is 0 Å². The maximum atomic E-state index is 14.0. The number of amides is 1. The van der Waals surface area contributed by atoms with Crippen molar-refractivity contribution < 1.29 is 9.18 Å². The van der Waals surface area contributed by atoms with Crippen molar-refractivity contribution in [3.05, 3.63) is 59.5 Å². The first kappa shape index (κ1) is 19.9. The third-order valence-electron chi connectivity index (χ3n) is 7.63. The lowest BCUT2D eigenvalue weighted by atomic mass is 9.46. The van der Waals surface area contributed by atoms with Gasteiger partial charge in [-0.15, -0.1) is 5.10 Å². The van der Waals surface area contributed by atoms with Gasteiger partial charge >= 0.3 is 0 Å². The molecule has 9 heteroatoms. The molecule has 4 saturated carbocycles. The Morgan fingerprint density at radius 2 is 1.94 bits per heavy atom. The molecule has 32 heavy (non-hydrogen) atoms. The molecule has 2 aromatic heterocycles. The Morgan fingerprint density at radius 3 is 2.66 bits per heavy atom. The van der Waals surface area contributed by atoms with Crippen LogP contribution in [-0.4, -0.2) is 30.5 Å². The minimum Gasteiger partial charge on any atom is -0.309 e. The number of rotatable bonds is 5. The summed E-state index contributed by atoms with van der Waals surface area (Å²) in [5.74, 6) is 1.27. The molecule has 4 aliphatic rings. The minimum atomic E-state index is -0.433. The highest BCUT2D eigenvalue weighted by atomic mass is 35.5. The SMILES string of the molecule is O=C(Nc1ccn(Cc2ccccc2F)n1)C12CC3CC(C1)CC(n1cnc(Cl)n1)(C3)C2. The highest BCUT2D eigenvalue weighted by molar-refractivity contribution is 6.28. The van der Waals surface area contributed by atoms with E-state index in [1.54, 1.807) is 41.5 Å². The minimum absolute atomic E-state index is 0.0262. The Kier molecular flexibility index (Phi) is 4.44. The predicted octanol–water partition coefficient (Wildman–Crippen LogP) is 4.25. The van der Waals surface area contributed by atoms with Gasteiger partial charge in [-0.3, -0.25) is 9.48 Å². The molecular formula is C23H24ClFN6O. The molecule has 3 aromatic rings. The molecule has 0 saturated heterocycles. The molecule has 1 aromatic carbocycles. The second-order valence-electron chi connectivity index (χ2n) is 9.87. The normalized spacial score (nSPS) is 30.6. The lowest BCUT2D eigenvalue weighted by Gasteiger charge is -2.60. The van der Waals surface area contributed by atoms with Crippen molar-refractivity contribution in [2.45, 2.75) is 50.6 Å². The van der Waals surface area contributed by atoms with Gasteiger partial charge in [0.15, 0.2) is 5.82 Å². The summed E-state index contributed by atoms with van der Waals surface area (Å²) in [7, 11) is 0. The Hall–Kier alpha value is -2.74. The topological polar surface area (TPSA) is 77.6 Å². The quantitative estimate of drug-likeness (QED) is 0.625. The van der Waals surface area contributed by atoms with E-state index >= 15 is 0 Å². The summed E-state index contributed by atoms with van der Waals surface area (Å²) in [4.78, 5) is 17.7. The Labute approximate surface area is 190 Å². The van der Waals surface area contributed by atoms with Crippen LogP contribution >= 0.6 is 11.6 Å². The molecule has 0 spiro atoms. The number of aromatic nitrogens is 5. The van der Waals surface area contributed by atoms with Crippen LogP contribution in [0, 0.1) is 23.1 Å². The lowest BCUT2D eigenvalue weighted by molar-refractivity contribution is -0.150. The third-order valence-corrected chi connectivity index (χ3v) is 7.81. The van der Waals surface area contributed by atoms with Crippen LogP contribution in [0.5, 0.6) is 0 Å². The second kappa shape index (κ2) is 7.13. The molecule has 0 radical (unpaired) electrons. The number of nitrogens with zero attached hydrogens (tertiary/aromatic N) is 5. The molecule has 7 rings (SSSR count). The van der Waals surface area contributed by atoms with Crippen molar-refractivity contribution in [1.29, 1.82) is 0 Å². The maximum absolute atomic E-state index is 14.0. The first-order chi connectivity index (χ1) is 15.4. The van der Waals surface area contributed by atoms with E-state index in [2.05, 4.69) is 20.5 Å². The number of anilines is 1. The van der Waals surface area contributed by atoms with E-state index in [-0.39, 0.29) is 22.5 Å². The van der Waals surface area contributed by atoms with Gasteiger partial charge in [-0.25, -0.2) is 14.1 Å². The molecule has 0 aliphatic heterocycles. The molecule has 2 atom stereocenters. The van der Waals surface area contributed by atoms with Gasteiger partial charge in [0.25, 0.3) is 0 Å². The average molecular weight is 455 g/mol. The van der Waals surface area contributed by atoms with E-state index in [0.717, 1.165) is 32.1 Å². The van der Waals surface area contributed by atoms with Gasteiger partial charge in [0, 0.05) is 17.8 Å². The first-order valence-corrected chi connectivity index (χ1v) is 11.5. The largest absolute Gasteiger partial charge is 0.309 e. The molecule has 166 valence electrons. The van der Waals surface area contributed by atoms with Crippen molar-refractivity contribution in [3.63, 3.8) is 0 Å². The zero-order chi connectivity index (χ0) is 21.9. The monoisotopic (exact) mass is 454 g/mol. The predicted molar refractivity (Wildman–Crippen MR) is 116 cm³/mol. The fourth-order valence-corrected chi connectivity index (χ4v) is 6.91. The molecule has 7 nitrogen and oxygen atoms in total. The van der Waals surface area contributed by atoms with E-state index in [1.807, 2.05) is 4.68 Å². The molecule has 2 heterocycles. The number of halogens is 2. The van der Waals surface area contributed by atoms with Crippen molar-refractivity contribution in [3.8, 4) is 0 Å². The Bertz CT molecular complexity index is 1170. The lowest BCUT2D eigenvalue weighted by Crippen LogP contribution is -2.60. The Morgan fingerprint density at radius 1 is 1.16 bits per heavy atom. The molecule has 1 N–H and O–H groups in total. The number of hydrogen-bond donors (Lipinski definition) is 1. The van der Waals surface area contributed by atoms with Crippen LogP contribution < -0.4 is 5.32 Å². The summed E-state index contributed by atoms with van der Waals surface area (Å²) >= 11 is 6.02. The molecule has 1 amide bonds. The van der Waals surface area contributed by atoms with Gasteiger partial charge in [-0.05, 0) is 68.0 Å². The second-order valence-corrected chi connectivity index (χ2v) is 10.2. The van der Waals surface area contributed by atoms with Gasteiger partial charge < -0.3 is 5.32 Å². The fourth-order valence-electron chi connectivity index (χ4n) is 6.79. The van der Waals surface area contributed by atoms with E-state index < -0.39 is 5.41 Å². The number of hydrogen-bond acceptors (Lipinski definition) is 4. The van der Waals surface area contributed by atoms with Gasteiger partial charge in [0.2, 0.25) is 11.2 Å². The summed E-state index contributed by atoms with van der Waals surface area (Å²) in [6.07, 6.45) is 9.24. The standard InChI is InChI=1S/C23H24ClFN6O/c24-21-26-14-31(29-21)23-10-15-7-16(11-23)9-22(8-15,13-23)20(32)27-19-5-6-30(28-19)12-17-3-1-2-4-18(17)25/h1-6,14-16H,7-13H2,(H,27,28,32). The molecular weight excluding hydrogens is 431 g/mol. The maximum Gasteiger partial charge on any atom is 0.242 e. The van der Waals surface area contributed by atoms with Gasteiger partial charge in [-0.2, -0.15) is 5.10 Å². The summed E-state index contributed by atoms with van der Waals surface area (Å²) in [6, 6.07) is 8.41. The number of nitrogens with one attached hydrogen (secondary N) is 1. The molecule has 2 unspecified atom stereocenters. The van der Waals surface area contributed by atoms with Crippen LogP contribution in [-0.2, 0) is 16.9 Å². The average Bonchev–Trinajstić information content (AvgIpc) is 3.38. The van der Waals surface area contributed by atoms with Crippen LogP contribution in [0.4, 0.5) is 10.2 Å². The summed E-state index contributed by atoms with van der Waals surface area (Å²) < 4.78 is 17.5. The highest BCUT2D eigenvalue weighted by Gasteiger charge is 2.61. The molecule has 4 aliphatic carbocycles. The summed E-state index contributed by atoms with van der Waals surface area (Å²) in [5, 5.41) is 12.2. The fraction of sp³-hybridized carbons (Fsp3) is 0.478.